The van der Waals surface area contributed by atoms with Gasteiger partial charge in [0.15, 0.2) is 0 Å². The normalized spacial score (nSPS) is 11.6. The van der Waals surface area contributed by atoms with Gasteiger partial charge in [-0.15, -0.1) is 5.10 Å². The summed E-state index contributed by atoms with van der Waals surface area (Å²) in [6.07, 6.45) is 3.56. The van der Waals surface area contributed by atoms with E-state index in [-0.39, 0.29) is 22.0 Å². The van der Waals surface area contributed by atoms with Crippen LogP contribution in [0.1, 0.15) is 21.6 Å². The van der Waals surface area contributed by atoms with Crippen molar-refractivity contribution in [3.05, 3.63) is 99.9 Å². The summed E-state index contributed by atoms with van der Waals surface area (Å²) in [7, 11) is 0. The second-order valence-corrected chi connectivity index (χ2v) is 8.37. The molecule has 4 aromatic rings. The number of carboxylic acids is 1. The summed E-state index contributed by atoms with van der Waals surface area (Å²) in [4.78, 5) is 28.6. The number of anilines is 1. The van der Waals surface area contributed by atoms with E-state index in [9.17, 15) is 14.7 Å². The van der Waals surface area contributed by atoms with E-state index in [1.54, 1.807) is 47.4 Å². The lowest BCUT2D eigenvalue weighted by Gasteiger charge is -2.16. The molecule has 2 aromatic heterocycles. The van der Waals surface area contributed by atoms with Crippen molar-refractivity contribution in [2.45, 2.75) is 19.0 Å². The Morgan fingerprint density at radius 1 is 1.00 bits per heavy atom. The molecule has 2 heterocycles. The highest BCUT2D eigenvalue weighted by Gasteiger charge is 2.23. The average molecular weight is 511 g/mol. The minimum absolute atomic E-state index is 0.0388. The van der Waals surface area contributed by atoms with Gasteiger partial charge in [0.2, 0.25) is 0 Å². The largest absolute Gasteiger partial charge is 0.480 e. The van der Waals surface area contributed by atoms with Crippen LogP contribution in [0.3, 0.4) is 0 Å². The molecular formula is C24H20Cl2N6O3. The second kappa shape index (κ2) is 11.0. The Kier molecular flexibility index (Phi) is 7.59. The predicted molar refractivity (Wildman–Crippen MR) is 132 cm³/mol. The number of benzene rings is 2. The van der Waals surface area contributed by atoms with Crippen molar-refractivity contribution in [3.63, 3.8) is 0 Å². The van der Waals surface area contributed by atoms with Crippen molar-refractivity contribution in [2.24, 2.45) is 0 Å². The van der Waals surface area contributed by atoms with E-state index < -0.39 is 17.9 Å². The maximum absolute atomic E-state index is 12.6. The molecule has 0 fully saturated rings. The van der Waals surface area contributed by atoms with Crippen LogP contribution in [0.2, 0.25) is 10.0 Å². The molecule has 0 spiro atoms. The van der Waals surface area contributed by atoms with Crippen molar-refractivity contribution in [1.82, 2.24) is 25.3 Å². The van der Waals surface area contributed by atoms with Crippen LogP contribution in [0.25, 0.3) is 5.69 Å². The van der Waals surface area contributed by atoms with Gasteiger partial charge in [-0.2, -0.15) is 0 Å². The van der Waals surface area contributed by atoms with Crippen LogP contribution in [-0.2, 0) is 17.8 Å². The smallest absolute Gasteiger partial charge is 0.326 e. The monoisotopic (exact) mass is 510 g/mol. The van der Waals surface area contributed by atoms with Gasteiger partial charge in [0.1, 0.15) is 17.6 Å². The first-order chi connectivity index (χ1) is 16.9. The first-order valence-electron chi connectivity index (χ1n) is 10.5. The number of carbonyl (C=O) groups excluding carboxylic acids is 1. The molecule has 0 bridgehead atoms. The number of nitrogens with one attached hydrogen (secondary N) is 2. The standard InChI is InChI=1S/C24H20Cl2N6O3/c25-18-4-3-5-19(26)22(18)23(33)29-20(24(34)35)12-15-7-9-17(10-8-15)32-14-16(30-31-32)13-28-21-6-1-2-11-27-21/h1-11,14,20H,12-13H2,(H,27,28)(H,29,33)(H,34,35)/t20-/m0/s1. The molecule has 9 nitrogen and oxygen atoms in total. The van der Waals surface area contributed by atoms with Crippen LogP contribution in [0.15, 0.2) is 73.1 Å². The molecule has 2 aromatic carbocycles. The molecule has 0 aliphatic rings. The number of pyridine rings is 1. The quantitative estimate of drug-likeness (QED) is 0.311. The SMILES string of the molecule is O=C(N[C@@H](Cc1ccc(-n2cc(CNc3ccccn3)nn2)cc1)C(=O)O)c1c(Cl)cccc1Cl. The number of hydrogen-bond donors (Lipinski definition) is 3. The molecular weight excluding hydrogens is 491 g/mol. The Labute approximate surface area is 210 Å². The number of halogens is 2. The van der Waals surface area contributed by atoms with Crippen molar-refractivity contribution in [2.75, 3.05) is 5.32 Å². The van der Waals surface area contributed by atoms with Crippen molar-refractivity contribution >= 4 is 40.9 Å². The van der Waals surface area contributed by atoms with E-state index in [0.29, 0.717) is 12.1 Å². The Balaban J connectivity index is 1.40. The molecule has 0 saturated heterocycles. The Hall–Kier alpha value is -3.95. The van der Waals surface area contributed by atoms with Crippen molar-refractivity contribution in [3.8, 4) is 5.69 Å². The molecule has 0 aliphatic heterocycles. The van der Waals surface area contributed by atoms with E-state index >= 15 is 0 Å². The van der Waals surface area contributed by atoms with E-state index in [2.05, 4.69) is 25.9 Å². The van der Waals surface area contributed by atoms with Gasteiger partial charge in [-0.3, -0.25) is 4.79 Å². The third-order valence-electron chi connectivity index (χ3n) is 5.09. The first kappa shape index (κ1) is 24.2. The van der Waals surface area contributed by atoms with E-state index in [1.165, 1.54) is 12.1 Å². The Bertz CT molecular complexity index is 1310. The Morgan fingerprint density at radius 3 is 2.40 bits per heavy atom. The molecule has 178 valence electrons. The second-order valence-electron chi connectivity index (χ2n) is 7.55. The third kappa shape index (κ3) is 6.14. The topological polar surface area (TPSA) is 122 Å². The molecule has 4 rings (SSSR count). The lowest BCUT2D eigenvalue weighted by molar-refractivity contribution is -0.139. The van der Waals surface area contributed by atoms with Crippen LogP contribution in [0, 0.1) is 0 Å². The number of carbonyl (C=O) groups is 2. The number of carboxylic acid groups (broad SMARTS) is 1. The summed E-state index contributed by atoms with van der Waals surface area (Å²) >= 11 is 12.1. The molecule has 0 radical (unpaired) electrons. The maximum atomic E-state index is 12.6. The lowest BCUT2D eigenvalue weighted by Crippen LogP contribution is -2.42. The van der Waals surface area contributed by atoms with Gasteiger partial charge in [-0.1, -0.05) is 52.7 Å². The zero-order valence-electron chi connectivity index (χ0n) is 18.2. The number of aliphatic carboxylic acids is 1. The van der Waals surface area contributed by atoms with Crippen LogP contribution < -0.4 is 10.6 Å². The maximum Gasteiger partial charge on any atom is 0.326 e. The zero-order chi connectivity index (χ0) is 24.8. The summed E-state index contributed by atoms with van der Waals surface area (Å²) in [5.74, 6) is -1.09. The molecule has 1 atom stereocenters. The average Bonchev–Trinajstić information content (AvgIpc) is 3.32. The summed E-state index contributed by atoms with van der Waals surface area (Å²) < 4.78 is 1.62. The summed E-state index contributed by atoms with van der Waals surface area (Å²) in [6.45, 7) is 0.463. The van der Waals surface area contributed by atoms with Gasteiger partial charge in [0.25, 0.3) is 5.91 Å². The minimum atomic E-state index is -1.17. The van der Waals surface area contributed by atoms with Crippen LogP contribution in [0.5, 0.6) is 0 Å². The summed E-state index contributed by atoms with van der Waals surface area (Å²) in [5.41, 5.74) is 2.23. The van der Waals surface area contributed by atoms with Crippen LogP contribution in [-0.4, -0.2) is 43.0 Å². The van der Waals surface area contributed by atoms with Gasteiger partial charge in [-0.05, 0) is 42.0 Å². The van der Waals surface area contributed by atoms with Gasteiger partial charge < -0.3 is 15.7 Å². The fourth-order valence-corrected chi connectivity index (χ4v) is 3.89. The molecule has 11 heteroatoms. The fraction of sp³-hybridized carbons (Fsp3) is 0.125. The van der Waals surface area contributed by atoms with Crippen molar-refractivity contribution in [1.29, 1.82) is 0 Å². The summed E-state index contributed by atoms with van der Waals surface area (Å²) in [5, 5.41) is 23.9. The van der Waals surface area contributed by atoms with E-state index in [1.807, 2.05) is 18.2 Å². The molecule has 35 heavy (non-hydrogen) atoms. The number of amides is 1. The molecule has 1 amide bonds. The number of aromatic nitrogens is 4. The van der Waals surface area contributed by atoms with Gasteiger partial charge in [-0.25, -0.2) is 14.5 Å². The molecule has 3 N–H and O–H groups in total. The fourth-order valence-electron chi connectivity index (χ4n) is 3.32. The highest BCUT2D eigenvalue weighted by atomic mass is 35.5. The third-order valence-corrected chi connectivity index (χ3v) is 5.72. The zero-order valence-corrected chi connectivity index (χ0v) is 19.7. The van der Waals surface area contributed by atoms with Gasteiger partial charge in [0, 0.05) is 12.6 Å². The van der Waals surface area contributed by atoms with E-state index in [4.69, 9.17) is 23.2 Å². The summed E-state index contributed by atoms with van der Waals surface area (Å²) in [6, 6.07) is 16.2. The number of rotatable bonds is 9. The van der Waals surface area contributed by atoms with E-state index in [0.717, 1.165) is 17.2 Å². The predicted octanol–water partition coefficient (Wildman–Crippen LogP) is 4.01. The van der Waals surface area contributed by atoms with Crippen LogP contribution in [0.4, 0.5) is 5.82 Å². The highest BCUT2D eigenvalue weighted by molar-refractivity contribution is 6.39. The highest BCUT2D eigenvalue weighted by Crippen LogP contribution is 2.24. The Morgan fingerprint density at radius 2 is 1.74 bits per heavy atom. The van der Waals surface area contributed by atoms with Gasteiger partial charge in [0.05, 0.1) is 34.0 Å². The minimum Gasteiger partial charge on any atom is -0.480 e. The first-order valence-corrected chi connectivity index (χ1v) is 11.3. The number of hydrogen-bond acceptors (Lipinski definition) is 6. The van der Waals surface area contributed by atoms with Crippen LogP contribution >= 0.6 is 23.2 Å². The molecule has 0 unspecified atom stereocenters. The molecule has 0 saturated carbocycles. The number of nitrogens with zero attached hydrogens (tertiary/aromatic N) is 4. The van der Waals surface area contributed by atoms with Gasteiger partial charge >= 0.3 is 5.97 Å². The molecule has 0 aliphatic carbocycles. The lowest BCUT2D eigenvalue weighted by atomic mass is 10.0. The van der Waals surface area contributed by atoms with Crippen molar-refractivity contribution < 1.29 is 14.7 Å².